The number of carbonyl (C=O) groups excluding carboxylic acids is 1. The number of nitrogens with one attached hydrogen (secondary N) is 2. The molecule has 0 spiro atoms. The number of hydrogen-bond donors (Lipinski definition) is 2. The van der Waals surface area contributed by atoms with Crippen LogP contribution in [0.3, 0.4) is 0 Å². The van der Waals surface area contributed by atoms with Crippen molar-refractivity contribution in [2.45, 2.75) is 25.2 Å². The number of aromatic nitrogens is 2. The summed E-state index contributed by atoms with van der Waals surface area (Å²) in [4.78, 5) is 28.9. The normalized spacial score (nSPS) is 17.3. The standard InChI is InChI=1S/C24H15ClF4N6O3/c25-16-3-12(8-30)4-17(7-16)38-20-21(24(27,28)29)32-11-35(23(20)37)10-15-6-19(33-34-22(15)36)13-1-2-14(9-31)18(26)5-13/h1-5,7,11,15,19,33H,6,10H2,(H,34,36). The van der Waals surface area contributed by atoms with Gasteiger partial charge in [0.25, 0.3) is 5.56 Å². The Morgan fingerprint density at radius 2 is 1.92 bits per heavy atom. The van der Waals surface area contributed by atoms with Gasteiger partial charge in [-0.1, -0.05) is 17.7 Å². The molecule has 1 saturated heterocycles. The molecule has 4 rings (SSSR count). The lowest BCUT2D eigenvalue weighted by Gasteiger charge is -2.30. The van der Waals surface area contributed by atoms with E-state index in [0.717, 1.165) is 22.8 Å². The molecule has 2 heterocycles. The Balaban J connectivity index is 1.66. The lowest BCUT2D eigenvalue weighted by molar-refractivity contribution is -0.142. The van der Waals surface area contributed by atoms with Crippen LogP contribution in [0, 0.1) is 34.4 Å². The molecule has 1 amide bonds. The van der Waals surface area contributed by atoms with Gasteiger partial charge in [0.1, 0.15) is 17.6 Å². The zero-order valence-corrected chi connectivity index (χ0v) is 19.8. The van der Waals surface area contributed by atoms with Gasteiger partial charge in [-0.25, -0.2) is 14.8 Å². The van der Waals surface area contributed by atoms with Crippen molar-refractivity contribution in [1.29, 1.82) is 10.5 Å². The highest BCUT2D eigenvalue weighted by molar-refractivity contribution is 6.30. The fourth-order valence-corrected chi connectivity index (χ4v) is 4.09. The van der Waals surface area contributed by atoms with Gasteiger partial charge in [0, 0.05) is 11.6 Å². The van der Waals surface area contributed by atoms with Gasteiger partial charge < -0.3 is 4.74 Å². The summed E-state index contributed by atoms with van der Waals surface area (Å²) in [6.07, 6.45) is -4.36. The van der Waals surface area contributed by atoms with E-state index >= 15 is 0 Å². The molecule has 2 unspecified atom stereocenters. The van der Waals surface area contributed by atoms with E-state index in [4.69, 9.17) is 26.9 Å². The monoisotopic (exact) mass is 546 g/mol. The molecule has 194 valence electrons. The smallest absolute Gasteiger partial charge is 0.437 e. The maximum Gasteiger partial charge on any atom is 0.437 e. The molecule has 9 nitrogen and oxygen atoms in total. The van der Waals surface area contributed by atoms with Crippen LogP contribution in [0.15, 0.2) is 47.5 Å². The van der Waals surface area contributed by atoms with Crippen molar-refractivity contribution in [3.8, 4) is 23.6 Å². The molecule has 2 atom stereocenters. The number of alkyl halides is 3. The lowest BCUT2D eigenvalue weighted by Crippen LogP contribution is -2.51. The Morgan fingerprint density at radius 1 is 1.16 bits per heavy atom. The second kappa shape index (κ2) is 10.5. The van der Waals surface area contributed by atoms with Crippen molar-refractivity contribution in [3.63, 3.8) is 0 Å². The van der Waals surface area contributed by atoms with Crippen molar-refractivity contribution in [1.82, 2.24) is 20.4 Å². The summed E-state index contributed by atoms with van der Waals surface area (Å²) >= 11 is 5.89. The summed E-state index contributed by atoms with van der Waals surface area (Å²) in [5, 5.41) is 18.0. The third-order valence-corrected chi connectivity index (χ3v) is 5.90. The molecule has 38 heavy (non-hydrogen) atoms. The van der Waals surface area contributed by atoms with Crippen LogP contribution in [-0.4, -0.2) is 15.5 Å². The summed E-state index contributed by atoms with van der Waals surface area (Å²) in [5.74, 6) is -3.70. The molecule has 1 aromatic heterocycles. The Bertz CT molecular complexity index is 1560. The van der Waals surface area contributed by atoms with Gasteiger partial charge in [-0.15, -0.1) is 0 Å². The topological polar surface area (TPSA) is 133 Å². The third-order valence-electron chi connectivity index (χ3n) is 5.68. The van der Waals surface area contributed by atoms with E-state index < -0.39 is 46.9 Å². The first-order chi connectivity index (χ1) is 18.0. The van der Waals surface area contributed by atoms with Crippen LogP contribution in [-0.2, 0) is 17.5 Å². The van der Waals surface area contributed by atoms with E-state index in [0.29, 0.717) is 11.9 Å². The SMILES string of the molecule is N#Cc1cc(Cl)cc(Oc2c(C(F)(F)F)ncn(CC3CC(c4ccc(C#N)c(F)c4)NNC3=O)c2=O)c1. The Kier molecular flexibility index (Phi) is 7.35. The number of nitrogens with zero attached hydrogens (tertiary/aromatic N) is 4. The summed E-state index contributed by atoms with van der Waals surface area (Å²) in [6, 6.07) is 10.2. The summed E-state index contributed by atoms with van der Waals surface area (Å²) in [5.41, 5.74) is 2.52. The van der Waals surface area contributed by atoms with Crippen LogP contribution < -0.4 is 21.1 Å². The maximum atomic E-state index is 14.1. The van der Waals surface area contributed by atoms with Gasteiger partial charge in [-0.2, -0.15) is 23.7 Å². The number of carbonyl (C=O) groups is 1. The molecular formula is C24H15ClF4N6O3. The van der Waals surface area contributed by atoms with E-state index in [-0.39, 0.29) is 34.9 Å². The molecule has 2 aromatic carbocycles. The second-order valence-electron chi connectivity index (χ2n) is 8.24. The molecular weight excluding hydrogens is 532 g/mol. The number of amides is 1. The molecule has 1 aliphatic heterocycles. The minimum absolute atomic E-state index is 0.00603. The molecule has 3 aromatic rings. The predicted octanol–water partition coefficient (Wildman–Crippen LogP) is 3.97. The molecule has 1 aliphatic rings. The van der Waals surface area contributed by atoms with Crippen molar-refractivity contribution in [2.75, 3.05) is 0 Å². The maximum absolute atomic E-state index is 14.1. The van der Waals surface area contributed by atoms with Crippen LogP contribution in [0.2, 0.25) is 5.02 Å². The van der Waals surface area contributed by atoms with E-state index in [2.05, 4.69) is 15.8 Å². The molecule has 0 bridgehead atoms. The van der Waals surface area contributed by atoms with E-state index in [1.807, 2.05) is 0 Å². The zero-order valence-electron chi connectivity index (χ0n) is 19.0. The summed E-state index contributed by atoms with van der Waals surface area (Å²) in [7, 11) is 0. The molecule has 14 heteroatoms. The Hall–Kier alpha value is -4.46. The van der Waals surface area contributed by atoms with Crippen molar-refractivity contribution in [3.05, 3.63) is 86.3 Å². The van der Waals surface area contributed by atoms with Crippen LogP contribution >= 0.6 is 11.6 Å². The number of halogens is 5. The highest BCUT2D eigenvalue weighted by atomic mass is 35.5. The molecule has 1 fully saturated rings. The number of ether oxygens (including phenoxy) is 1. The van der Waals surface area contributed by atoms with Gasteiger partial charge in [-0.3, -0.25) is 19.6 Å². The Morgan fingerprint density at radius 3 is 2.58 bits per heavy atom. The molecule has 0 saturated carbocycles. The van der Waals surface area contributed by atoms with E-state index in [1.165, 1.54) is 18.2 Å². The first-order valence-electron chi connectivity index (χ1n) is 10.8. The average molecular weight is 547 g/mol. The Labute approximate surface area is 216 Å². The fraction of sp³-hybridized carbons (Fsp3) is 0.208. The van der Waals surface area contributed by atoms with Gasteiger partial charge in [0.05, 0.1) is 35.5 Å². The van der Waals surface area contributed by atoms with Gasteiger partial charge in [0.2, 0.25) is 11.7 Å². The largest absolute Gasteiger partial charge is 0.449 e. The number of hydrogen-bond acceptors (Lipinski definition) is 7. The first kappa shape index (κ1) is 26.6. The minimum atomic E-state index is -5.05. The number of hydrazine groups is 1. The predicted molar refractivity (Wildman–Crippen MR) is 123 cm³/mol. The van der Waals surface area contributed by atoms with Crippen molar-refractivity contribution < 1.29 is 27.1 Å². The van der Waals surface area contributed by atoms with Crippen LogP contribution in [0.25, 0.3) is 0 Å². The van der Waals surface area contributed by atoms with E-state index in [9.17, 15) is 27.2 Å². The van der Waals surface area contributed by atoms with Gasteiger partial charge in [-0.05, 0) is 42.3 Å². The van der Waals surface area contributed by atoms with Gasteiger partial charge >= 0.3 is 6.18 Å². The van der Waals surface area contributed by atoms with Crippen LogP contribution in [0.4, 0.5) is 17.6 Å². The number of benzene rings is 2. The highest BCUT2D eigenvalue weighted by Crippen LogP contribution is 2.35. The molecule has 0 radical (unpaired) electrons. The highest BCUT2D eigenvalue weighted by Gasteiger charge is 2.39. The third kappa shape index (κ3) is 5.59. The number of rotatable bonds is 5. The minimum Gasteiger partial charge on any atom is -0.449 e. The molecule has 0 aliphatic carbocycles. The fourth-order valence-electron chi connectivity index (χ4n) is 3.86. The second-order valence-corrected chi connectivity index (χ2v) is 8.67. The van der Waals surface area contributed by atoms with E-state index in [1.54, 1.807) is 12.1 Å². The van der Waals surface area contributed by atoms with Crippen molar-refractivity contribution >= 4 is 17.5 Å². The van der Waals surface area contributed by atoms with Gasteiger partial charge in [0.15, 0.2) is 5.69 Å². The number of nitriles is 2. The van der Waals surface area contributed by atoms with Crippen LogP contribution in [0.1, 0.15) is 34.8 Å². The average Bonchev–Trinajstić information content (AvgIpc) is 2.86. The molecule has 2 N–H and O–H groups in total. The first-order valence-corrected chi connectivity index (χ1v) is 11.2. The summed E-state index contributed by atoms with van der Waals surface area (Å²) < 4.78 is 61.0. The van der Waals surface area contributed by atoms with Crippen molar-refractivity contribution in [2.24, 2.45) is 5.92 Å². The lowest BCUT2D eigenvalue weighted by atomic mass is 9.92. The quantitative estimate of drug-likeness (QED) is 0.463. The van der Waals surface area contributed by atoms with Crippen LogP contribution in [0.5, 0.6) is 11.5 Å². The summed E-state index contributed by atoms with van der Waals surface area (Å²) in [6.45, 7) is -0.373. The zero-order chi connectivity index (χ0) is 27.6.